The topological polar surface area (TPSA) is 43.7 Å². The molecular formula is C10H15NO2. The fourth-order valence-electron chi connectivity index (χ4n) is 1.12. The number of anilines is 1. The third kappa shape index (κ3) is 2.44. The van der Waals surface area contributed by atoms with Crippen molar-refractivity contribution >= 4 is 5.69 Å². The van der Waals surface area contributed by atoms with E-state index in [0.29, 0.717) is 0 Å². The summed E-state index contributed by atoms with van der Waals surface area (Å²) in [4.78, 5) is 1.95. The first-order valence-corrected chi connectivity index (χ1v) is 4.21. The summed E-state index contributed by atoms with van der Waals surface area (Å²) in [7, 11) is 3.87. The van der Waals surface area contributed by atoms with Crippen LogP contribution in [0.3, 0.4) is 0 Å². The molecule has 0 radical (unpaired) electrons. The summed E-state index contributed by atoms with van der Waals surface area (Å²) in [5, 5.41) is 18.1. The molecule has 0 heterocycles. The van der Waals surface area contributed by atoms with Gasteiger partial charge >= 0.3 is 0 Å². The van der Waals surface area contributed by atoms with Gasteiger partial charge in [0.05, 0.1) is 6.61 Å². The maximum absolute atomic E-state index is 9.37. The fraction of sp³-hybridized carbons (Fsp3) is 0.400. The Morgan fingerprint density at radius 2 is 2.08 bits per heavy atom. The standard InChI is InChI=1S/C10H15NO2/c1-11(2)9-5-3-4-8(6-9)10(13)7-12/h3-6,10,12-13H,7H2,1-2H3. The Bertz CT molecular complexity index is 273. The summed E-state index contributed by atoms with van der Waals surface area (Å²) in [6.45, 7) is -0.239. The lowest BCUT2D eigenvalue weighted by Gasteiger charge is -2.15. The molecule has 1 atom stereocenters. The second-order valence-electron chi connectivity index (χ2n) is 3.19. The summed E-state index contributed by atoms with van der Waals surface area (Å²) in [6.07, 6.45) is -0.778. The summed E-state index contributed by atoms with van der Waals surface area (Å²) in [5.74, 6) is 0. The molecule has 0 fully saturated rings. The van der Waals surface area contributed by atoms with Crippen LogP contribution >= 0.6 is 0 Å². The van der Waals surface area contributed by atoms with Gasteiger partial charge in [0.1, 0.15) is 6.10 Å². The van der Waals surface area contributed by atoms with Gasteiger partial charge in [0, 0.05) is 19.8 Å². The molecule has 0 saturated carbocycles. The molecule has 2 N–H and O–H groups in total. The van der Waals surface area contributed by atoms with E-state index >= 15 is 0 Å². The van der Waals surface area contributed by atoms with E-state index in [1.807, 2.05) is 37.2 Å². The molecule has 0 aromatic heterocycles. The van der Waals surface area contributed by atoms with E-state index in [2.05, 4.69) is 0 Å². The molecule has 3 heteroatoms. The van der Waals surface area contributed by atoms with Crippen molar-refractivity contribution in [2.75, 3.05) is 25.6 Å². The Labute approximate surface area is 78.2 Å². The van der Waals surface area contributed by atoms with Gasteiger partial charge in [0.2, 0.25) is 0 Å². The van der Waals surface area contributed by atoms with Crippen LogP contribution in [-0.4, -0.2) is 30.9 Å². The molecule has 0 bridgehead atoms. The van der Waals surface area contributed by atoms with Crippen LogP contribution in [0.2, 0.25) is 0 Å². The average molecular weight is 181 g/mol. The second-order valence-corrected chi connectivity index (χ2v) is 3.19. The number of rotatable bonds is 3. The minimum Gasteiger partial charge on any atom is -0.393 e. The third-order valence-corrected chi connectivity index (χ3v) is 1.94. The minimum atomic E-state index is -0.778. The van der Waals surface area contributed by atoms with Crippen molar-refractivity contribution in [1.82, 2.24) is 0 Å². The summed E-state index contributed by atoms with van der Waals surface area (Å²) in [5.41, 5.74) is 1.76. The predicted octanol–water partition coefficient (Wildman–Crippen LogP) is 0.778. The molecule has 0 aliphatic heterocycles. The van der Waals surface area contributed by atoms with Crippen LogP contribution in [-0.2, 0) is 0 Å². The van der Waals surface area contributed by atoms with Crippen molar-refractivity contribution in [3.63, 3.8) is 0 Å². The highest BCUT2D eigenvalue weighted by atomic mass is 16.3. The van der Waals surface area contributed by atoms with Gasteiger partial charge < -0.3 is 15.1 Å². The Kier molecular flexibility index (Phi) is 3.28. The smallest absolute Gasteiger partial charge is 0.102 e. The molecule has 13 heavy (non-hydrogen) atoms. The number of nitrogens with zero attached hydrogens (tertiary/aromatic N) is 1. The van der Waals surface area contributed by atoms with E-state index in [4.69, 9.17) is 5.11 Å². The maximum atomic E-state index is 9.37. The Morgan fingerprint density at radius 1 is 1.38 bits per heavy atom. The van der Waals surface area contributed by atoms with Crippen LogP contribution in [0.5, 0.6) is 0 Å². The second kappa shape index (κ2) is 4.25. The first kappa shape index (κ1) is 10.0. The molecule has 1 unspecified atom stereocenters. The molecular weight excluding hydrogens is 166 g/mol. The summed E-state index contributed by atoms with van der Waals surface area (Å²) < 4.78 is 0. The number of aliphatic hydroxyl groups excluding tert-OH is 2. The van der Waals surface area contributed by atoms with Crippen molar-refractivity contribution in [2.45, 2.75) is 6.10 Å². The van der Waals surface area contributed by atoms with Gasteiger partial charge in [-0.1, -0.05) is 12.1 Å². The van der Waals surface area contributed by atoms with E-state index in [1.54, 1.807) is 6.07 Å². The minimum absolute atomic E-state index is 0.239. The highest BCUT2D eigenvalue weighted by molar-refractivity contribution is 5.47. The molecule has 3 nitrogen and oxygen atoms in total. The molecule has 0 saturated heterocycles. The lowest BCUT2D eigenvalue weighted by molar-refractivity contribution is 0.0956. The van der Waals surface area contributed by atoms with Gasteiger partial charge in [0.15, 0.2) is 0 Å². The highest BCUT2D eigenvalue weighted by Crippen LogP contribution is 2.18. The van der Waals surface area contributed by atoms with E-state index in [-0.39, 0.29) is 6.61 Å². The van der Waals surface area contributed by atoms with Crippen LogP contribution in [0.15, 0.2) is 24.3 Å². The van der Waals surface area contributed by atoms with Crippen LogP contribution in [0.1, 0.15) is 11.7 Å². The Hall–Kier alpha value is -1.06. The van der Waals surface area contributed by atoms with Crippen LogP contribution in [0, 0.1) is 0 Å². The average Bonchev–Trinajstić information content (AvgIpc) is 2.17. The van der Waals surface area contributed by atoms with E-state index in [1.165, 1.54) is 0 Å². The summed E-state index contributed by atoms with van der Waals surface area (Å²) in [6, 6.07) is 7.48. The maximum Gasteiger partial charge on any atom is 0.102 e. The number of hydrogen-bond acceptors (Lipinski definition) is 3. The zero-order valence-corrected chi connectivity index (χ0v) is 7.94. The molecule has 0 amide bonds. The quantitative estimate of drug-likeness (QED) is 0.724. The zero-order valence-electron chi connectivity index (χ0n) is 7.94. The van der Waals surface area contributed by atoms with Crippen molar-refractivity contribution in [3.05, 3.63) is 29.8 Å². The third-order valence-electron chi connectivity index (χ3n) is 1.94. The van der Waals surface area contributed by atoms with Crippen LogP contribution in [0.25, 0.3) is 0 Å². The Balaban J connectivity index is 2.91. The lowest BCUT2D eigenvalue weighted by Crippen LogP contribution is -2.10. The van der Waals surface area contributed by atoms with Gasteiger partial charge in [-0.2, -0.15) is 0 Å². The number of benzene rings is 1. The number of aliphatic hydroxyl groups is 2. The van der Waals surface area contributed by atoms with Crippen molar-refractivity contribution < 1.29 is 10.2 Å². The van der Waals surface area contributed by atoms with E-state index in [9.17, 15) is 5.11 Å². The van der Waals surface area contributed by atoms with Crippen molar-refractivity contribution in [3.8, 4) is 0 Å². The van der Waals surface area contributed by atoms with Gasteiger partial charge in [-0.05, 0) is 17.7 Å². The molecule has 1 rings (SSSR count). The Morgan fingerprint density at radius 3 is 2.62 bits per heavy atom. The molecule has 0 aliphatic carbocycles. The summed E-state index contributed by atoms with van der Waals surface area (Å²) >= 11 is 0. The molecule has 1 aromatic rings. The van der Waals surface area contributed by atoms with Gasteiger partial charge in [-0.3, -0.25) is 0 Å². The first-order chi connectivity index (χ1) is 6.15. The van der Waals surface area contributed by atoms with Gasteiger partial charge in [-0.15, -0.1) is 0 Å². The number of hydrogen-bond donors (Lipinski definition) is 2. The molecule has 1 aromatic carbocycles. The normalized spacial score (nSPS) is 12.6. The van der Waals surface area contributed by atoms with Gasteiger partial charge in [0.25, 0.3) is 0 Å². The monoisotopic (exact) mass is 181 g/mol. The largest absolute Gasteiger partial charge is 0.393 e. The van der Waals surface area contributed by atoms with Crippen molar-refractivity contribution in [2.24, 2.45) is 0 Å². The zero-order chi connectivity index (χ0) is 9.84. The van der Waals surface area contributed by atoms with Crippen LogP contribution in [0.4, 0.5) is 5.69 Å². The predicted molar refractivity (Wildman–Crippen MR) is 52.8 cm³/mol. The van der Waals surface area contributed by atoms with Crippen molar-refractivity contribution in [1.29, 1.82) is 0 Å². The highest BCUT2D eigenvalue weighted by Gasteiger charge is 2.06. The molecule has 0 aliphatic rings. The van der Waals surface area contributed by atoms with E-state index < -0.39 is 6.10 Å². The fourth-order valence-corrected chi connectivity index (χ4v) is 1.12. The lowest BCUT2D eigenvalue weighted by atomic mass is 10.1. The first-order valence-electron chi connectivity index (χ1n) is 4.21. The van der Waals surface area contributed by atoms with Gasteiger partial charge in [-0.25, -0.2) is 0 Å². The SMILES string of the molecule is CN(C)c1cccc(C(O)CO)c1. The van der Waals surface area contributed by atoms with E-state index in [0.717, 1.165) is 11.3 Å². The molecule has 72 valence electrons. The van der Waals surface area contributed by atoms with Crippen LogP contribution < -0.4 is 4.90 Å². The molecule has 0 spiro atoms.